The van der Waals surface area contributed by atoms with E-state index in [0.717, 1.165) is 36.9 Å². The van der Waals surface area contributed by atoms with Gasteiger partial charge >= 0.3 is 0 Å². The van der Waals surface area contributed by atoms with Crippen molar-refractivity contribution in [3.8, 4) is 5.69 Å². The number of carbonyl (C=O) groups excluding carboxylic acids is 1. The van der Waals surface area contributed by atoms with Gasteiger partial charge in [0.15, 0.2) is 5.13 Å². The molecule has 1 unspecified atom stereocenters. The lowest BCUT2D eigenvalue weighted by Gasteiger charge is -2.30. The molecule has 7 heteroatoms. The van der Waals surface area contributed by atoms with Crippen molar-refractivity contribution in [2.24, 2.45) is 5.92 Å². The average Bonchev–Trinajstić information content (AvgIpc) is 3.32. The second-order valence-corrected chi connectivity index (χ2v) is 7.95. The minimum atomic E-state index is -0.190. The molecule has 1 saturated heterocycles. The number of nitrogens with one attached hydrogen (secondary N) is 1. The Balaban J connectivity index is 1.37. The Labute approximate surface area is 162 Å². The van der Waals surface area contributed by atoms with Crippen LogP contribution in [0.15, 0.2) is 48.1 Å². The molecule has 140 valence electrons. The van der Waals surface area contributed by atoms with Gasteiger partial charge in [-0.05, 0) is 37.4 Å². The molecule has 1 aromatic carbocycles. The van der Waals surface area contributed by atoms with Crippen LogP contribution in [0.2, 0.25) is 0 Å². The molecule has 1 aliphatic heterocycles. The van der Waals surface area contributed by atoms with E-state index in [4.69, 9.17) is 0 Å². The van der Waals surface area contributed by atoms with Crippen molar-refractivity contribution >= 4 is 22.4 Å². The van der Waals surface area contributed by atoms with Gasteiger partial charge in [-0.2, -0.15) is 5.10 Å². The molecule has 1 fully saturated rings. The van der Waals surface area contributed by atoms with Crippen LogP contribution in [0.4, 0.5) is 5.13 Å². The lowest BCUT2D eigenvalue weighted by Crippen LogP contribution is -2.33. The first kappa shape index (κ1) is 17.9. The normalized spacial score (nSPS) is 17.7. The summed E-state index contributed by atoms with van der Waals surface area (Å²) in [6.45, 7) is 5.40. The highest BCUT2D eigenvalue weighted by atomic mass is 32.1. The number of hydrogen-bond donors (Lipinski definition) is 1. The van der Waals surface area contributed by atoms with Crippen molar-refractivity contribution in [2.45, 2.75) is 26.3 Å². The number of para-hydroxylation sites is 1. The first-order valence-corrected chi connectivity index (χ1v) is 10.1. The molecule has 0 radical (unpaired) electrons. The van der Waals surface area contributed by atoms with Gasteiger partial charge in [0.25, 0.3) is 5.91 Å². The van der Waals surface area contributed by atoms with Gasteiger partial charge < -0.3 is 0 Å². The molecule has 6 nitrogen and oxygen atoms in total. The Kier molecular flexibility index (Phi) is 5.31. The summed E-state index contributed by atoms with van der Waals surface area (Å²) >= 11 is 1.47. The molecule has 2 aromatic heterocycles. The van der Waals surface area contributed by atoms with E-state index in [1.165, 1.54) is 24.2 Å². The number of likely N-dealkylation sites (tertiary alicyclic amines) is 1. The summed E-state index contributed by atoms with van der Waals surface area (Å²) in [5, 5.41) is 9.82. The largest absolute Gasteiger partial charge is 0.298 e. The fourth-order valence-electron chi connectivity index (χ4n) is 3.43. The van der Waals surface area contributed by atoms with Crippen molar-refractivity contribution in [3.05, 3.63) is 59.4 Å². The Bertz CT molecular complexity index is 904. The zero-order valence-electron chi connectivity index (χ0n) is 15.3. The first-order valence-electron chi connectivity index (χ1n) is 9.25. The van der Waals surface area contributed by atoms with Crippen LogP contribution in [0.5, 0.6) is 0 Å². The molecule has 1 amide bonds. The molecule has 1 N–H and O–H groups in total. The monoisotopic (exact) mass is 381 g/mol. The van der Waals surface area contributed by atoms with Crippen LogP contribution < -0.4 is 5.32 Å². The van der Waals surface area contributed by atoms with Gasteiger partial charge in [-0.25, -0.2) is 9.67 Å². The van der Waals surface area contributed by atoms with Crippen LogP contribution in [-0.2, 0) is 6.54 Å². The SMILES string of the molecule is CC1CCCN(Cc2csc(NC(=O)c3cnn(-c4ccccc4)c3)n2)C1. The van der Waals surface area contributed by atoms with Crippen LogP contribution in [0.1, 0.15) is 35.8 Å². The third-order valence-electron chi connectivity index (χ3n) is 4.76. The van der Waals surface area contributed by atoms with E-state index in [9.17, 15) is 4.79 Å². The van der Waals surface area contributed by atoms with Crippen molar-refractivity contribution in [1.29, 1.82) is 0 Å². The lowest BCUT2D eigenvalue weighted by molar-refractivity contribution is 0.102. The molecule has 0 saturated carbocycles. The number of hydrogen-bond acceptors (Lipinski definition) is 5. The van der Waals surface area contributed by atoms with Gasteiger partial charge in [0.05, 0.1) is 23.1 Å². The van der Waals surface area contributed by atoms with Crippen LogP contribution >= 0.6 is 11.3 Å². The summed E-state index contributed by atoms with van der Waals surface area (Å²) in [4.78, 5) is 19.5. The number of aromatic nitrogens is 3. The second kappa shape index (κ2) is 8.02. The molecule has 4 rings (SSSR count). The quantitative estimate of drug-likeness (QED) is 0.730. The summed E-state index contributed by atoms with van der Waals surface area (Å²) < 4.78 is 1.69. The summed E-state index contributed by atoms with van der Waals surface area (Å²) in [6.07, 6.45) is 5.87. The number of benzene rings is 1. The summed E-state index contributed by atoms with van der Waals surface area (Å²) in [6, 6.07) is 9.73. The van der Waals surface area contributed by atoms with Gasteiger partial charge in [0, 0.05) is 24.7 Å². The first-order chi connectivity index (χ1) is 13.2. The van der Waals surface area contributed by atoms with Crippen LogP contribution in [0, 0.1) is 5.92 Å². The second-order valence-electron chi connectivity index (χ2n) is 7.09. The van der Waals surface area contributed by atoms with E-state index < -0.39 is 0 Å². The highest BCUT2D eigenvalue weighted by Gasteiger charge is 2.18. The minimum Gasteiger partial charge on any atom is -0.298 e. The molecular weight excluding hydrogens is 358 g/mol. The van der Waals surface area contributed by atoms with Crippen molar-refractivity contribution in [2.75, 3.05) is 18.4 Å². The Morgan fingerprint density at radius 1 is 1.33 bits per heavy atom. The molecule has 3 heterocycles. The predicted octanol–water partition coefficient (Wildman–Crippen LogP) is 3.81. The van der Waals surface area contributed by atoms with E-state index in [1.54, 1.807) is 17.1 Å². The van der Waals surface area contributed by atoms with Gasteiger partial charge in [0.2, 0.25) is 0 Å². The average molecular weight is 382 g/mol. The Morgan fingerprint density at radius 2 is 2.19 bits per heavy atom. The topological polar surface area (TPSA) is 63.1 Å². The number of piperidine rings is 1. The third-order valence-corrected chi connectivity index (χ3v) is 5.57. The van der Waals surface area contributed by atoms with Crippen LogP contribution in [0.3, 0.4) is 0 Å². The highest BCUT2D eigenvalue weighted by molar-refractivity contribution is 7.13. The maximum atomic E-state index is 12.5. The predicted molar refractivity (Wildman–Crippen MR) is 107 cm³/mol. The minimum absolute atomic E-state index is 0.190. The number of carbonyl (C=O) groups is 1. The van der Waals surface area contributed by atoms with E-state index in [2.05, 4.69) is 27.2 Å². The van der Waals surface area contributed by atoms with Gasteiger partial charge in [-0.1, -0.05) is 25.1 Å². The molecular formula is C20H23N5OS. The van der Waals surface area contributed by atoms with Crippen molar-refractivity contribution in [3.63, 3.8) is 0 Å². The third kappa shape index (κ3) is 4.43. The highest BCUT2D eigenvalue weighted by Crippen LogP contribution is 2.21. The molecule has 1 aliphatic rings. The number of anilines is 1. The fourth-order valence-corrected chi connectivity index (χ4v) is 4.12. The number of rotatable bonds is 5. The Hall–Kier alpha value is -2.51. The smallest absolute Gasteiger partial charge is 0.260 e. The maximum absolute atomic E-state index is 12.5. The number of thiazole rings is 1. The number of nitrogens with zero attached hydrogens (tertiary/aromatic N) is 4. The molecule has 0 aliphatic carbocycles. The van der Waals surface area contributed by atoms with Crippen molar-refractivity contribution < 1.29 is 4.79 Å². The zero-order valence-corrected chi connectivity index (χ0v) is 16.2. The summed E-state index contributed by atoms with van der Waals surface area (Å²) in [7, 11) is 0. The Morgan fingerprint density at radius 3 is 3.00 bits per heavy atom. The van der Waals surface area contributed by atoms with E-state index in [-0.39, 0.29) is 5.91 Å². The van der Waals surface area contributed by atoms with Gasteiger partial charge in [-0.3, -0.25) is 15.0 Å². The summed E-state index contributed by atoms with van der Waals surface area (Å²) in [5.41, 5.74) is 2.45. The van der Waals surface area contributed by atoms with E-state index in [1.807, 2.05) is 35.7 Å². The van der Waals surface area contributed by atoms with Crippen LogP contribution in [0.25, 0.3) is 5.69 Å². The molecule has 0 bridgehead atoms. The van der Waals surface area contributed by atoms with Crippen LogP contribution in [-0.4, -0.2) is 38.7 Å². The fraction of sp³-hybridized carbons (Fsp3) is 0.350. The standard InChI is InChI=1S/C20H23N5OS/c1-15-6-5-9-24(11-15)13-17-14-27-20(22-17)23-19(26)16-10-21-25(12-16)18-7-3-2-4-8-18/h2-4,7-8,10,12,14-15H,5-6,9,11,13H2,1H3,(H,22,23,26). The van der Waals surface area contributed by atoms with E-state index >= 15 is 0 Å². The van der Waals surface area contributed by atoms with E-state index in [0.29, 0.717) is 10.7 Å². The molecule has 3 aromatic rings. The molecule has 1 atom stereocenters. The van der Waals surface area contributed by atoms with Gasteiger partial charge in [-0.15, -0.1) is 11.3 Å². The number of amides is 1. The summed E-state index contributed by atoms with van der Waals surface area (Å²) in [5.74, 6) is 0.558. The molecule has 0 spiro atoms. The van der Waals surface area contributed by atoms with Gasteiger partial charge in [0.1, 0.15) is 0 Å². The van der Waals surface area contributed by atoms with Crippen molar-refractivity contribution in [1.82, 2.24) is 19.7 Å². The molecule has 27 heavy (non-hydrogen) atoms. The maximum Gasteiger partial charge on any atom is 0.260 e. The zero-order chi connectivity index (χ0) is 18.6. The lowest BCUT2D eigenvalue weighted by atomic mass is 10.0.